The predicted octanol–water partition coefficient (Wildman–Crippen LogP) is 5.90. The molecule has 6 unspecified atom stereocenters. The summed E-state index contributed by atoms with van der Waals surface area (Å²) in [4.78, 5) is 54.3. The van der Waals surface area contributed by atoms with E-state index in [-0.39, 0.29) is 30.2 Å². The number of amides is 4. The molecule has 218 valence electrons. The third kappa shape index (κ3) is 3.90. The minimum atomic E-state index is -2.05. The lowest BCUT2D eigenvalue weighted by Crippen LogP contribution is -2.60. The van der Waals surface area contributed by atoms with Crippen LogP contribution in [0.5, 0.6) is 5.75 Å². The van der Waals surface area contributed by atoms with Crippen LogP contribution in [0.15, 0.2) is 84.4 Å². The van der Waals surface area contributed by atoms with E-state index in [1.807, 2.05) is 18.2 Å². The summed E-state index contributed by atoms with van der Waals surface area (Å²) in [5.41, 5.74) is 1.61. The number of hydrogen-bond acceptors (Lipinski definition) is 5. The summed E-state index contributed by atoms with van der Waals surface area (Å²) in [5, 5.41) is 10.4. The molecule has 2 saturated heterocycles. The fourth-order valence-corrected chi connectivity index (χ4v) is 8.62. The van der Waals surface area contributed by atoms with Crippen molar-refractivity contribution in [3.8, 4) is 5.75 Å². The van der Waals surface area contributed by atoms with E-state index in [0.717, 1.165) is 20.6 Å². The SMILES string of the molecule is O=C1C2CC=C3C(CC4(Cl)C(=O)N(c5ccc(F)cc5)C(=O)C4(Cl)C3c3cccc(O)c3)C2C(=O)N1c1ccc(I)cc1. The molecule has 2 aliphatic heterocycles. The van der Waals surface area contributed by atoms with Crippen LogP contribution in [0.2, 0.25) is 0 Å². The first-order valence-electron chi connectivity index (χ1n) is 13.6. The molecule has 0 bridgehead atoms. The van der Waals surface area contributed by atoms with E-state index in [1.165, 1.54) is 29.2 Å². The second kappa shape index (κ2) is 9.87. The van der Waals surface area contributed by atoms with E-state index in [2.05, 4.69) is 22.6 Å². The Kier molecular flexibility index (Phi) is 6.54. The third-order valence-electron chi connectivity index (χ3n) is 9.18. The Bertz CT molecular complexity index is 1770. The second-order valence-electron chi connectivity index (χ2n) is 11.3. The Balaban J connectivity index is 1.39. The van der Waals surface area contributed by atoms with Crippen LogP contribution in [0, 0.1) is 27.1 Å². The number of carbonyl (C=O) groups is 4. The van der Waals surface area contributed by atoms with Gasteiger partial charge < -0.3 is 5.11 Å². The van der Waals surface area contributed by atoms with E-state index in [4.69, 9.17) is 23.2 Å². The van der Waals surface area contributed by atoms with Gasteiger partial charge in [-0.25, -0.2) is 9.29 Å². The van der Waals surface area contributed by atoms with Crippen molar-refractivity contribution in [3.05, 3.63) is 99.4 Å². The maximum absolute atomic E-state index is 14.3. The lowest BCUT2D eigenvalue weighted by molar-refractivity contribution is -0.125. The zero-order valence-electron chi connectivity index (χ0n) is 22.2. The number of imide groups is 2. The van der Waals surface area contributed by atoms with Gasteiger partial charge in [-0.3, -0.25) is 24.1 Å². The van der Waals surface area contributed by atoms with Crippen LogP contribution >= 0.6 is 45.8 Å². The van der Waals surface area contributed by atoms with E-state index in [9.17, 15) is 28.7 Å². The molecule has 0 aromatic heterocycles. The molecule has 4 aliphatic rings. The average molecular weight is 731 g/mol. The standard InChI is InChI=1S/C32H22Cl2FIN2O5/c33-31-15-24-22(12-13-23-25(24)28(41)37(27(23)40)19-10-6-18(36)7-11-19)26(16-2-1-3-21(39)14-16)32(31,34)30(43)38(29(31)42)20-8-4-17(35)5-9-20/h1-12,14,23-26,39H,13,15H2. The lowest BCUT2D eigenvalue weighted by atomic mass is 9.56. The van der Waals surface area contributed by atoms with Crippen molar-refractivity contribution >= 4 is 80.8 Å². The number of hydrogen-bond donors (Lipinski definition) is 1. The number of allylic oxidation sites excluding steroid dienone is 2. The molecule has 0 spiro atoms. The number of alkyl halides is 2. The van der Waals surface area contributed by atoms with Crippen molar-refractivity contribution < 1.29 is 28.7 Å². The summed E-state index contributed by atoms with van der Waals surface area (Å²) >= 11 is 16.8. The van der Waals surface area contributed by atoms with Gasteiger partial charge in [0.25, 0.3) is 11.8 Å². The molecule has 7 nitrogen and oxygen atoms in total. The normalized spacial score (nSPS) is 31.6. The summed E-state index contributed by atoms with van der Waals surface area (Å²) in [7, 11) is 0. The van der Waals surface area contributed by atoms with Crippen LogP contribution in [-0.2, 0) is 19.2 Å². The molecule has 6 atom stereocenters. The van der Waals surface area contributed by atoms with Crippen molar-refractivity contribution in [2.45, 2.75) is 28.5 Å². The molecule has 3 fully saturated rings. The molecule has 11 heteroatoms. The Hall–Kier alpha value is -3.28. The summed E-state index contributed by atoms with van der Waals surface area (Å²) in [6.45, 7) is 0. The molecular formula is C32H22Cl2FIN2O5. The molecule has 43 heavy (non-hydrogen) atoms. The highest BCUT2D eigenvalue weighted by molar-refractivity contribution is 14.1. The molecule has 0 radical (unpaired) electrons. The monoisotopic (exact) mass is 730 g/mol. The van der Waals surface area contributed by atoms with Crippen LogP contribution in [0.1, 0.15) is 24.3 Å². The number of phenols is 1. The number of phenolic OH excluding ortho intramolecular Hbond substituents is 1. The van der Waals surface area contributed by atoms with Crippen LogP contribution < -0.4 is 9.80 Å². The fourth-order valence-electron chi connectivity index (χ4n) is 7.32. The zero-order chi connectivity index (χ0) is 30.4. The van der Waals surface area contributed by atoms with E-state index in [0.29, 0.717) is 16.8 Å². The van der Waals surface area contributed by atoms with E-state index < -0.39 is 57.0 Å². The molecule has 4 amide bonds. The van der Waals surface area contributed by atoms with Gasteiger partial charge in [-0.1, -0.05) is 23.8 Å². The first kappa shape index (κ1) is 28.5. The van der Waals surface area contributed by atoms with Gasteiger partial charge in [-0.05, 0) is 108 Å². The summed E-state index contributed by atoms with van der Waals surface area (Å²) in [6, 6.07) is 18.1. The number of fused-ring (bicyclic) bond motifs is 4. The molecule has 3 aromatic rings. The summed E-state index contributed by atoms with van der Waals surface area (Å²) in [6.07, 6.45) is 1.88. The molecule has 7 rings (SSSR count). The van der Waals surface area contributed by atoms with Crippen molar-refractivity contribution in [1.82, 2.24) is 0 Å². The highest BCUT2D eigenvalue weighted by atomic mass is 127. The minimum absolute atomic E-state index is 0.0847. The highest BCUT2D eigenvalue weighted by Crippen LogP contribution is 2.66. The predicted molar refractivity (Wildman–Crippen MR) is 166 cm³/mol. The molecule has 1 N–H and O–H groups in total. The lowest BCUT2D eigenvalue weighted by Gasteiger charge is -2.50. The maximum Gasteiger partial charge on any atom is 0.258 e. The molecule has 2 heterocycles. The van der Waals surface area contributed by atoms with E-state index in [1.54, 1.807) is 24.3 Å². The number of aromatic hydroxyl groups is 1. The van der Waals surface area contributed by atoms with Gasteiger partial charge in [0.05, 0.1) is 23.2 Å². The van der Waals surface area contributed by atoms with Gasteiger partial charge in [0.1, 0.15) is 11.6 Å². The molecule has 1 saturated carbocycles. The quantitative estimate of drug-likeness (QED) is 0.157. The minimum Gasteiger partial charge on any atom is -0.508 e. The van der Waals surface area contributed by atoms with Gasteiger partial charge in [0.15, 0.2) is 9.75 Å². The van der Waals surface area contributed by atoms with Crippen LogP contribution in [0.4, 0.5) is 15.8 Å². The highest BCUT2D eigenvalue weighted by Gasteiger charge is 2.76. The summed E-state index contributed by atoms with van der Waals surface area (Å²) in [5.74, 6) is -6.21. The number of benzene rings is 3. The second-order valence-corrected chi connectivity index (χ2v) is 13.8. The Morgan fingerprint density at radius 3 is 2.16 bits per heavy atom. The van der Waals surface area contributed by atoms with Crippen LogP contribution in [0.3, 0.4) is 0 Å². The van der Waals surface area contributed by atoms with Gasteiger partial charge >= 0.3 is 0 Å². The number of anilines is 2. The Morgan fingerprint density at radius 1 is 0.837 bits per heavy atom. The largest absolute Gasteiger partial charge is 0.508 e. The smallest absolute Gasteiger partial charge is 0.258 e. The first-order chi connectivity index (χ1) is 20.5. The maximum atomic E-state index is 14.3. The number of halogens is 4. The number of carbonyl (C=O) groups excluding carboxylic acids is 4. The van der Waals surface area contributed by atoms with Crippen LogP contribution in [0.25, 0.3) is 0 Å². The summed E-state index contributed by atoms with van der Waals surface area (Å²) < 4.78 is 14.7. The van der Waals surface area contributed by atoms with Gasteiger partial charge in [0.2, 0.25) is 11.8 Å². The van der Waals surface area contributed by atoms with Crippen molar-refractivity contribution in [1.29, 1.82) is 0 Å². The van der Waals surface area contributed by atoms with Crippen molar-refractivity contribution in [3.63, 3.8) is 0 Å². The molecule has 3 aromatic carbocycles. The topological polar surface area (TPSA) is 95.0 Å². The average Bonchev–Trinajstić information content (AvgIpc) is 3.32. The Labute approximate surface area is 269 Å². The van der Waals surface area contributed by atoms with E-state index >= 15 is 0 Å². The van der Waals surface area contributed by atoms with Crippen molar-refractivity contribution in [2.75, 3.05) is 9.80 Å². The van der Waals surface area contributed by atoms with Gasteiger partial charge in [-0.15, -0.1) is 23.2 Å². The van der Waals surface area contributed by atoms with Gasteiger partial charge in [0, 0.05) is 9.49 Å². The molecular weight excluding hydrogens is 709 g/mol. The fraction of sp³-hybridized carbons (Fsp3) is 0.250. The zero-order valence-corrected chi connectivity index (χ0v) is 25.9. The van der Waals surface area contributed by atoms with Crippen LogP contribution in [-0.4, -0.2) is 38.5 Å². The molecule has 2 aliphatic carbocycles. The third-order valence-corrected chi connectivity index (χ3v) is 11.3. The Morgan fingerprint density at radius 2 is 1.49 bits per heavy atom. The first-order valence-corrected chi connectivity index (χ1v) is 15.5. The number of nitrogens with zero attached hydrogens (tertiary/aromatic N) is 2. The van der Waals surface area contributed by atoms with Crippen molar-refractivity contribution in [2.24, 2.45) is 17.8 Å². The number of rotatable bonds is 3. The van der Waals surface area contributed by atoms with Gasteiger partial charge in [-0.2, -0.15) is 0 Å².